The number of unbranched alkanes of at least 4 members (excludes halogenated alkanes) is 21. The second kappa shape index (κ2) is 41.1. The summed E-state index contributed by atoms with van der Waals surface area (Å²) in [5.74, 6) is -0.262. The second-order valence-electron chi connectivity index (χ2n) is 18.3. The number of esters is 2. The van der Waals surface area contributed by atoms with Crippen molar-refractivity contribution in [3.8, 4) is 0 Å². The molecule has 0 saturated carbocycles. The molecule has 1 aliphatic heterocycles. The van der Waals surface area contributed by atoms with Crippen molar-refractivity contribution in [2.24, 2.45) is 5.92 Å². The number of allylic oxidation sites excluding steroid dienone is 4. The van der Waals surface area contributed by atoms with Crippen LogP contribution in [0.5, 0.6) is 0 Å². The van der Waals surface area contributed by atoms with E-state index in [0.717, 1.165) is 50.9 Å². The van der Waals surface area contributed by atoms with Crippen LogP contribution in [0, 0.1) is 5.92 Å². The van der Waals surface area contributed by atoms with E-state index in [-0.39, 0.29) is 12.8 Å². The molecule has 0 aromatic rings. The number of carbonyl (C=O) groups excluding carboxylic acids is 2. The molecule has 1 aliphatic rings. The number of hydrogen-bond acceptors (Lipinski definition) is 11. The maximum atomic E-state index is 12.7. The SMILES string of the molecule is CCCCC/C=C\CC1OC1C/C=C\C/C=C\CCCC(=O)O[C@H](COC(=O)CCCCCCCCCCCCCCCCCCCCC(C)C)COP(=O)(O)OC[C@@H](O)COP(=O)(O)O. The van der Waals surface area contributed by atoms with Crippen LogP contribution < -0.4 is 0 Å². The van der Waals surface area contributed by atoms with E-state index < -0.39 is 66.2 Å². The van der Waals surface area contributed by atoms with Gasteiger partial charge in [0.25, 0.3) is 0 Å². The standard InChI is InChI=1S/C50H92O14P2/c1-4-5-6-7-26-31-36-47-48(64-47)37-32-27-22-20-24-29-34-39-50(53)63-46(43-62-66(57,58)61-41-45(51)40-60-65(54,55)56)42-59-49(52)38-33-28-23-19-17-15-13-11-9-8-10-12-14-16-18-21-25-30-35-44(2)3/h20,24,26-27,31-32,44-48,51H,4-19,21-23,25,28-30,33-43H2,1-3H3,(H,57,58)(H2,54,55,56)/b24-20-,31-26-,32-27-/t45-,46+,47?,48?/m0/s1. The second-order valence-corrected chi connectivity index (χ2v) is 21.0. The summed E-state index contributed by atoms with van der Waals surface area (Å²) in [7, 11) is -9.70. The van der Waals surface area contributed by atoms with Crippen LogP contribution in [0.25, 0.3) is 0 Å². The number of aliphatic hydroxyl groups excluding tert-OH is 1. The third kappa shape index (κ3) is 42.4. The quantitative estimate of drug-likeness (QED) is 0.0147. The van der Waals surface area contributed by atoms with Gasteiger partial charge in [-0.05, 0) is 57.3 Å². The maximum Gasteiger partial charge on any atom is 0.472 e. The van der Waals surface area contributed by atoms with Gasteiger partial charge in [0.15, 0.2) is 6.10 Å². The van der Waals surface area contributed by atoms with Gasteiger partial charge in [0, 0.05) is 12.8 Å². The highest BCUT2D eigenvalue weighted by atomic mass is 31.2. The summed E-state index contributed by atoms with van der Waals surface area (Å²) in [6.07, 6.45) is 43.1. The predicted molar refractivity (Wildman–Crippen MR) is 262 cm³/mol. The molecule has 3 unspecified atom stereocenters. The van der Waals surface area contributed by atoms with Crippen LogP contribution in [0.4, 0.5) is 0 Å². The highest BCUT2D eigenvalue weighted by Gasteiger charge is 2.36. The van der Waals surface area contributed by atoms with Gasteiger partial charge in [-0.2, -0.15) is 0 Å². The molecule has 0 aromatic carbocycles. The lowest BCUT2D eigenvalue weighted by atomic mass is 10.0. The van der Waals surface area contributed by atoms with Gasteiger partial charge in [-0.3, -0.25) is 23.2 Å². The zero-order valence-electron chi connectivity index (χ0n) is 41.2. The van der Waals surface area contributed by atoms with Crippen LogP contribution in [-0.2, 0) is 46.5 Å². The molecule has 1 saturated heterocycles. The van der Waals surface area contributed by atoms with Gasteiger partial charge in [0.05, 0.1) is 32.0 Å². The van der Waals surface area contributed by atoms with Crippen molar-refractivity contribution in [1.82, 2.24) is 0 Å². The maximum absolute atomic E-state index is 12.7. The molecule has 0 radical (unpaired) electrons. The summed E-state index contributed by atoms with van der Waals surface area (Å²) in [5, 5.41) is 9.78. The third-order valence-electron chi connectivity index (χ3n) is 11.4. The zero-order valence-corrected chi connectivity index (χ0v) is 42.9. The van der Waals surface area contributed by atoms with Gasteiger partial charge < -0.3 is 34.0 Å². The Kier molecular flexibility index (Phi) is 38.8. The minimum atomic E-state index is -4.87. The van der Waals surface area contributed by atoms with Crippen molar-refractivity contribution in [1.29, 1.82) is 0 Å². The van der Waals surface area contributed by atoms with Crippen LogP contribution in [0.1, 0.15) is 213 Å². The van der Waals surface area contributed by atoms with Crippen LogP contribution in [0.15, 0.2) is 36.5 Å². The average molecular weight is 979 g/mol. The molecule has 0 amide bonds. The van der Waals surface area contributed by atoms with Gasteiger partial charge in [-0.1, -0.05) is 186 Å². The molecule has 0 aliphatic carbocycles. The monoisotopic (exact) mass is 979 g/mol. The Hall–Kier alpha value is -1.70. The number of ether oxygens (including phenoxy) is 3. The Bertz CT molecular complexity index is 1380. The molecule has 1 fully saturated rings. The fraction of sp³-hybridized carbons (Fsp3) is 0.840. The van der Waals surface area contributed by atoms with Crippen LogP contribution >= 0.6 is 15.6 Å². The van der Waals surface area contributed by atoms with E-state index in [0.29, 0.717) is 31.5 Å². The van der Waals surface area contributed by atoms with E-state index >= 15 is 0 Å². The van der Waals surface area contributed by atoms with Gasteiger partial charge in [-0.25, -0.2) is 9.13 Å². The molecular formula is C50H92O14P2. The number of phosphoric ester groups is 2. The minimum Gasteiger partial charge on any atom is -0.462 e. The Balaban J connectivity index is 2.31. The van der Waals surface area contributed by atoms with E-state index in [1.54, 1.807) is 0 Å². The molecule has 0 bridgehead atoms. The first-order valence-electron chi connectivity index (χ1n) is 25.7. The van der Waals surface area contributed by atoms with Crippen molar-refractivity contribution < 1.29 is 66.3 Å². The summed E-state index contributed by atoms with van der Waals surface area (Å²) in [6, 6.07) is 0. The summed E-state index contributed by atoms with van der Waals surface area (Å²) in [4.78, 5) is 52.9. The molecule has 16 heteroatoms. The predicted octanol–water partition coefficient (Wildman–Crippen LogP) is 12.9. The molecule has 1 heterocycles. The van der Waals surface area contributed by atoms with Gasteiger partial charge in [-0.15, -0.1) is 0 Å². The zero-order chi connectivity index (χ0) is 48.6. The smallest absolute Gasteiger partial charge is 0.462 e. The minimum absolute atomic E-state index is 0.0517. The van der Waals surface area contributed by atoms with E-state index in [2.05, 4.69) is 49.6 Å². The largest absolute Gasteiger partial charge is 0.472 e. The molecular weight excluding hydrogens is 886 g/mol. The van der Waals surface area contributed by atoms with Crippen LogP contribution in [0.2, 0.25) is 0 Å². The number of phosphoric acid groups is 2. The Labute approximate surface area is 399 Å². The lowest BCUT2D eigenvalue weighted by Crippen LogP contribution is -2.29. The normalized spacial score (nSPS) is 17.3. The summed E-state index contributed by atoms with van der Waals surface area (Å²) in [6.45, 7) is 4.05. The number of rotatable bonds is 47. The first-order valence-corrected chi connectivity index (χ1v) is 28.7. The summed E-state index contributed by atoms with van der Waals surface area (Å²) in [5.41, 5.74) is 0. The Morgan fingerprint density at radius 2 is 1.03 bits per heavy atom. The van der Waals surface area contributed by atoms with Gasteiger partial charge in [0.2, 0.25) is 0 Å². The van der Waals surface area contributed by atoms with Crippen molar-refractivity contribution in [2.45, 2.75) is 238 Å². The number of hydrogen-bond donors (Lipinski definition) is 4. The number of aliphatic hydroxyl groups is 1. The molecule has 0 spiro atoms. The van der Waals surface area contributed by atoms with Gasteiger partial charge >= 0.3 is 27.6 Å². The lowest BCUT2D eigenvalue weighted by Gasteiger charge is -2.20. The number of carbonyl (C=O) groups is 2. The lowest BCUT2D eigenvalue weighted by molar-refractivity contribution is -0.161. The molecule has 5 atom stereocenters. The molecule has 14 nitrogen and oxygen atoms in total. The first-order chi connectivity index (χ1) is 31.7. The fourth-order valence-electron chi connectivity index (χ4n) is 7.33. The molecule has 0 aromatic heterocycles. The molecule has 66 heavy (non-hydrogen) atoms. The summed E-state index contributed by atoms with van der Waals surface area (Å²) >= 11 is 0. The van der Waals surface area contributed by atoms with Crippen LogP contribution in [0.3, 0.4) is 0 Å². The van der Waals surface area contributed by atoms with E-state index in [4.69, 9.17) is 33.0 Å². The van der Waals surface area contributed by atoms with Crippen molar-refractivity contribution in [3.05, 3.63) is 36.5 Å². The number of epoxide rings is 1. The van der Waals surface area contributed by atoms with Gasteiger partial charge in [0.1, 0.15) is 12.7 Å². The topological polar surface area (TPSA) is 208 Å². The molecule has 1 rings (SSSR count). The van der Waals surface area contributed by atoms with E-state index in [1.165, 1.54) is 116 Å². The highest BCUT2D eigenvalue weighted by molar-refractivity contribution is 7.47. The molecule has 4 N–H and O–H groups in total. The first kappa shape index (κ1) is 62.3. The average Bonchev–Trinajstić information content (AvgIpc) is 4.03. The van der Waals surface area contributed by atoms with Crippen molar-refractivity contribution >= 4 is 27.6 Å². The Morgan fingerprint density at radius 1 is 0.561 bits per heavy atom. The molecule has 386 valence electrons. The van der Waals surface area contributed by atoms with Crippen LogP contribution in [-0.4, -0.2) is 82.6 Å². The fourth-order valence-corrected chi connectivity index (χ4v) is 8.49. The Morgan fingerprint density at radius 3 is 1.59 bits per heavy atom. The van der Waals surface area contributed by atoms with Crippen molar-refractivity contribution in [3.63, 3.8) is 0 Å². The highest BCUT2D eigenvalue weighted by Crippen LogP contribution is 2.44. The van der Waals surface area contributed by atoms with Crippen molar-refractivity contribution in [2.75, 3.05) is 26.4 Å². The van der Waals surface area contributed by atoms with E-state index in [9.17, 15) is 28.7 Å². The third-order valence-corrected chi connectivity index (χ3v) is 12.8. The van der Waals surface area contributed by atoms with E-state index in [1.807, 2.05) is 12.2 Å². The summed E-state index contributed by atoms with van der Waals surface area (Å²) < 4.78 is 53.7.